The zero-order valence-electron chi connectivity index (χ0n) is 23.5. The first-order valence-electron chi connectivity index (χ1n) is 14.9. The molecule has 0 aromatic carbocycles. The van der Waals surface area contributed by atoms with Crippen LogP contribution in [0.5, 0.6) is 0 Å². The van der Waals surface area contributed by atoms with Gasteiger partial charge >= 0.3 is 0 Å². The third kappa shape index (κ3) is 4.75. The third-order valence-corrected chi connectivity index (χ3v) is 11.7. The average Bonchev–Trinajstić information content (AvgIpc) is 3.11. The van der Waals surface area contributed by atoms with Crippen LogP contribution in [0.15, 0.2) is 11.6 Å². The lowest BCUT2D eigenvalue weighted by Gasteiger charge is -2.58. The van der Waals surface area contributed by atoms with Crippen LogP contribution in [0, 0.1) is 52.3 Å². The molecule has 4 aliphatic carbocycles. The predicted molar refractivity (Wildman–Crippen MR) is 142 cm³/mol. The molecule has 0 aromatic rings. The van der Waals surface area contributed by atoms with Gasteiger partial charge in [-0.25, -0.2) is 0 Å². The van der Waals surface area contributed by atoms with E-state index in [9.17, 15) is 0 Å². The molecule has 9 atom stereocenters. The molecule has 0 spiro atoms. The van der Waals surface area contributed by atoms with E-state index < -0.39 is 0 Å². The van der Waals surface area contributed by atoms with Crippen LogP contribution in [0.2, 0.25) is 0 Å². The fourth-order valence-corrected chi connectivity index (χ4v) is 9.79. The number of hydrogen-bond donors (Lipinski definition) is 0. The minimum Gasteiger partial charge on any atom is -0.375 e. The molecule has 0 saturated heterocycles. The highest BCUT2D eigenvalue weighted by Crippen LogP contribution is 2.67. The van der Waals surface area contributed by atoms with Gasteiger partial charge in [0.25, 0.3) is 0 Å². The van der Waals surface area contributed by atoms with E-state index in [0.717, 1.165) is 41.4 Å². The van der Waals surface area contributed by atoms with Crippen LogP contribution >= 0.6 is 0 Å². The molecule has 4 aliphatic rings. The lowest BCUT2D eigenvalue weighted by atomic mass is 9.47. The Morgan fingerprint density at radius 2 is 1.70 bits per heavy atom. The first-order chi connectivity index (χ1) is 15.6. The third-order valence-electron chi connectivity index (χ3n) is 11.7. The van der Waals surface area contributed by atoms with Gasteiger partial charge in [-0.3, -0.25) is 0 Å². The van der Waals surface area contributed by atoms with Crippen LogP contribution in [-0.2, 0) is 4.74 Å². The molecule has 4 rings (SSSR count). The summed E-state index contributed by atoms with van der Waals surface area (Å²) in [6.07, 6.45) is 19.0. The molecule has 0 aliphatic heterocycles. The Balaban J connectivity index is 1.45. The summed E-state index contributed by atoms with van der Waals surface area (Å²) >= 11 is 0. The Bertz CT molecular complexity index is 691. The predicted octanol–water partition coefficient (Wildman–Crippen LogP) is 9.46. The van der Waals surface area contributed by atoms with Crippen molar-refractivity contribution in [1.82, 2.24) is 0 Å². The van der Waals surface area contributed by atoms with Crippen molar-refractivity contribution in [2.45, 2.75) is 138 Å². The summed E-state index contributed by atoms with van der Waals surface area (Å²) in [5, 5.41) is 0. The van der Waals surface area contributed by atoms with E-state index in [0.29, 0.717) is 23.0 Å². The minimum atomic E-state index is 0.359. The molecule has 0 heterocycles. The van der Waals surface area contributed by atoms with Crippen molar-refractivity contribution in [1.29, 1.82) is 0 Å². The number of fused-ring (bicyclic) bond motifs is 5. The molecule has 0 radical (unpaired) electrons. The van der Waals surface area contributed by atoms with Crippen LogP contribution in [0.1, 0.15) is 126 Å². The van der Waals surface area contributed by atoms with Gasteiger partial charge in [-0.05, 0) is 124 Å². The molecule has 1 heteroatoms. The zero-order valence-corrected chi connectivity index (χ0v) is 23.5. The van der Waals surface area contributed by atoms with Crippen LogP contribution < -0.4 is 0 Å². The first kappa shape index (κ1) is 25.8. The summed E-state index contributed by atoms with van der Waals surface area (Å²) in [6.45, 7) is 19.7. The van der Waals surface area contributed by atoms with E-state index in [1.807, 2.05) is 0 Å². The van der Waals surface area contributed by atoms with Gasteiger partial charge in [0.15, 0.2) is 0 Å². The Morgan fingerprint density at radius 3 is 2.36 bits per heavy atom. The summed E-state index contributed by atoms with van der Waals surface area (Å²) in [6, 6.07) is 0. The Morgan fingerprint density at radius 1 is 0.939 bits per heavy atom. The lowest BCUT2D eigenvalue weighted by molar-refractivity contribution is -0.0709. The molecule has 3 fully saturated rings. The smallest absolute Gasteiger partial charge is 0.0616 e. The monoisotopic (exact) mass is 456 g/mol. The van der Waals surface area contributed by atoms with Crippen LogP contribution in [-0.4, -0.2) is 12.2 Å². The summed E-state index contributed by atoms with van der Waals surface area (Å²) in [4.78, 5) is 0. The van der Waals surface area contributed by atoms with Crippen molar-refractivity contribution >= 4 is 0 Å². The number of hydrogen-bond acceptors (Lipinski definition) is 1. The summed E-state index contributed by atoms with van der Waals surface area (Å²) in [7, 11) is 0. The van der Waals surface area contributed by atoms with E-state index in [-0.39, 0.29) is 0 Å². The minimum absolute atomic E-state index is 0.359. The van der Waals surface area contributed by atoms with Gasteiger partial charge in [-0.1, -0.05) is 66.0 Å². The average molecular weight is 457 g/mol. The topological polar surface area (TPSA) is 9.23 Å². The standard InChI is InChI=1S/C32H56O/c1-9-24(21(2)3)11-10-23(6)28-14-15-29-27-13-12-25-20-26(33-22(4)5)16-18-31(25,7)30(27)17-19-32(28,29)8/h12,21-24,26-30H,9-11,13-20H2,1-8H3/t23?,24?,26?,27?,28?,29?,30?,31-,32?/m0/s1. The number of allylic oxidation sites excluding steroid dienone is 1. The van der Waals surface area contributed by atoms with Crippen molar-refractivity contribution in [3.05, 3.63) is 11.6 Å². The lowest BCUT2D eigenvalue weighted by Crippen LogP contribution is -2.51. The van der Waals surface area contributed by atoms with Gasteiger partial charge in [0.2, 0.25) is 0 Å². The van der Waals surface area contributed by atoms with E-state index in [1.54, 1.807) is 5.57 Å². The van der Waals surface area contributed by atoms with E-state index in [1.165, 1.54) is 70.6 Å². The molecule has 8 unspecified atom stereocenters. The second-order valence-electron chi connectivity index (χ2n) is 14.0. The molecule has 33 heavy (non-hydrogen) atoms. The van der Waals surface area contributed by atoms with Gasteiger partial charge < -0.3 is 4.74 Å². The van der Waals surface area contributed by atoms with Crippen LogP contribution in [0.4, 0.5) is 0 Å². The highest BCUT2D eigenvalue weighted by Gasteiger charge is 2.59. The van der Waals surface area contributed by atoms with Crippen molar-refractivity contribution in [2.24, 2.45) is 52.3 Å². The summed E-state index contributed by atoms with van der Waals surface area (Å²) in [5.41, 5.74) is 2.82. The van der Waals surface area contributed by atoms with Gasteiger partial charge in [0.1, 0.15) is 0 Å². The first-order valence-corrected chi connectivity index (χ1v) is 14.9. The molecule has 3 saturated carbocycles. The van der Waals surface area contributed by atoms with Crippen molar-refractivity contribution < 1.29 is 4.74 Å². The molecular formula is C32H56O. The molecule has 0 N–H and O–H groups in total. The molecule has 0 amide bonds. The van der Waals surface area contributed by atoms with Gasteiger partial charge in [0.05, 0.1) is 12.2 Å². The normalized spacial score (nSPS) is 42.5. The highest BCUT2D eigenvalue weighted by molar-refractivity contribution is 5.25. The SMILES string of the molecule is CCC(CCC(C)C1CCC2C3CC=C4CC(OC(C)C)CC[C@]4(C)C3CCC12C)C(C)C. The van der Waals surface area contributed by atoms with Crippen molar-refractivity contribution in [2.75, 3.05) is 0 Å². The molecule has 190 valence electrons. The quantitative estimate of drug-likeness (QED) is 0.330. The summed E-state index contributed by atoms with van der Waals surface area (Å²) in [5.74, 6) is 6.46. The van der Waals surface area contributed by atoms with Gasteiger partial charge in [0, 0.05) is 0 Å². The second-order valence-corrected chi connectivity index (χ2v) is 14.0. The van der Waals surface area contributed by atoms with E-state index in [2.05, 4.69) is 61.5 Å². The maximum Gasteiger partial charge on any atom is 0.0616 e. The van der Waals surface area contributed by atoms with Gasteiger partial charge in [-0.2, -0.15) is 0 Å². The van der Waals surface area contributed by atoms with Crippen molar-refractivity contribution in [3.8, 4) is 0 Å². The van der Waals surface area contributed by atoms with E-state index in [4.69, 9.17) is 4.74 Å². The zero-order chi connectivity index (χ0) is 24.0. The molecule has 0 aromatic heterocycles. The fourth-order valence-electron chi connectivity index (χ4n) is 9.79. The molecule has 0 bridgehead atoms. The van der Waals surface area contributed by atoms with E-state index >= 15 is 0 Å². The Kier molecular flexibility index (Phi) is 7.80. The Hall–Kier alpha value is -0.300. The maximum absolute atomic E-state index is 6.27. The fraction of sp³-hybridized carbons (Fsp3) is 0.938. The Labute approximate surface area is 206 Å². The van der Waals surface area contributed by atoms with Crippen LogP contribution in [0.25, 0.3) is 0 Å². The number of ether oxygens (including phenoxy) is 1. The highest BCUT2D eigenvalue weighted by atomic mass is 16.5. The largest absolute Gasteiger partial charge is 0.375 e. The summed E-state index contributed by atoms with van der Waals surface area (Å²) < 4.78 is 6.27. The number of rotatable bonds is 8. The van der Waals surface area contributed by atoms with Crippen molar-refractivity contribution in [3.63, 3.8) is 0 Å². The van der Waals surface area contributed by atoms with Crippen LogP contribution in [0.3, 0.4) is 0 Å². The van der Waals surface area contributed by atoms with Gasteiger partial charge in [-0.15, -0.1) is 0 Å². The molecule has 1 nitrogen and oxygen atoms in total. The molecular weight excluding hydrogens is 400 g/mol. The second kappa shape index (κ2) is 9.99. The maximum atomic E-state index is 6.27.